The van der Waals surface area contributed by atoms with Crippen LogP contribution in [0, 0.1) is 6.92 Å². The first-order chi connectivity index (χ1) is 13.1. The Hall–Kier alpha value is -2.95. The molecule has 1 N–H and O–H groups in total. The minimum atomic E-state index is -4.62. The number of hydrogen-bond donors (Lipinski definition) is 1. The van der Waals surface area contributed by atoms with E-state index < -0.39 is 24.2 Å². The van der Waals surface area contributed by atoms with Gasteiger partial charge in [-0.25, -0.2) is 4.90 Å². The van der Waals surface area contributed by atoms with Gasteiger partial charge in [0.25, 0.3) is 5.91 Å². The first-order valence-corrected chi connectivity index (χ1v) is 8.32. The highest BCUT2D eigenvalue weighted by atomic mass is 32.1. The predicted octanol–water partition coefficient (Wildman–Crippen LogP) is 3.23. The van der Waals surface area contributed by atoms with E-state index in [0.717, 1.165) is 12.1 Å². The molecule has 148 valence electrons. The highest BCUT2D eigenvalue weighted by Crippen LogP contribution is 2.29. The molecule has 6 nitrogen and oxygen atoms in total. The SMILES string of the molecule is Cc1nn(C)cc1N1C(=O)/C(=C\c2cccc(OC(F)(F)C(F)F)c2)NC1=S. The van der Waals surface area contributed by atoms with Crippen molar-refractivity contribution >= 4 is 35.0 Å². The lowest BCUT2D eigenvalue weighted by atomic mass is 10.2. The molecule has 28 heavy (non-hydrogen) atoms. The number of nitrogens with zero attached hydrogens (tertiary/aromatic N) is 3. The molecule has 11 heteroatoms. The van der Waals surface area contributed by atoms with E-state index in [4.69, 9.17) is 12.2 Å². The van der Waals surface area contributed by atoms with Gasteiger partial charge in [-0.1, -0.05) is 12.1 Å². The molecule has 1 aliphatic heterocycles. The Labute approximate surface area is 162 Å². The molecule has 0 radical (unpaired) electrons. The summed E-state index contributed by atoms with van der Waals surface area (Å²) in [7, 11) is 1.70. The Morgan fingerprint density at radius 3 is 2.68 bits per heavy atom. The fourth-order valence-electron chi connectivity index (χ4n) is 2.60. The van der Waals surface area contributed by atoms with Crippen LogP contribution in [-0.4, -0.2) is 33.3 Å². The van der Waals surface area contributed by atoms with Crippen molar-refractivity contribution in [3.63, 3.8) is 0 Å². The standard InChI is InChI=1S/C17H14F4N4O2S/c1-9-13(8-24(2)23-9)25-14(26)12(22-16(25)28)7-10-4-3-5-11(6-10)27-17(20,21)15(18)19/h3-8,15H,1-2H3,(H,22,28)/b12-7+. The Bertz CT molecular complexity index is 974. The molecule has 0 saturated carbocycles. The van der Waals surface area contributed by atoms with Gasteiger partial charge in [-0.3, -0.25) is 9.48 Å². The minimum absolute atomic E-state index is 0.0889. The van der Waals surface area contributed by atoms with Gasteiger partial charge < -0.3 is 10.1 Å². The molecule has 0 spiro atoms. The number of nitrogens with one attached hydrogen (secondary N) is 1. The van der Waals surface area contributed by atoms with E-state index in [0.29, 0.717) is 11.4 Å². The third kappa shape index (κ3) is 3.84. The number of alkyl halides is 4. The molecule has 1 aromatic carbocycles. The maximum atomic E-state index is 13.1. The number of carbonyl (C=O) groups excluding carboxylic acids is 1. The first kappa shape index (κ1) is 19.8. The van der Waals surface area contributed by atoms with Crippen LogP contribution in [0.15, 0.2) is 36.2 Å². The zero-order chi connectivity index (χ0) is 20.6. The zero-order valence-corrected chi connectivity index (χ0v) is 15.4. The minimum Gasteiger partial charge on any atom is -0.428 e. The normalized spacial score (nSPS) is 16.2. The molecule has 0 atom stereocenters. The van der Waals surface area contributed by atoms with E-state index in [2.05, 4.69) is 15.2 Å². The van der Waals surface area contributed by atoms with Crippen molar-refractivity contribution in [3.05, 3.63) is 47.4 Å². The summed E-state index contributed by atoms with van der Waals surface area (Å²) in [5.74, 6) is -0.932. The first-order valence-electron chi connectivity index (χ1n) is 7.91. The van der Waals surface area contributed by atoms with Crippen molar-refractivity contribution < 1.29 is 27.1 Å². The molecule has 1 saturated heterocycles. The lowest BCUT2D eigenvalue weighted by molar-refractivity contribution is -0.253. The Morgan fingerprint density at radius 1 is 1.36 bits per heavy atom. The van der Waals surface area contributed by atoms with Gasteiger partial charge in [0.05, 0.1) is 11.4 Å². The second-order valence-electron chi connectivity index (χ2n) is 5.94. The molecular weight excluding hydrogens is 400 g/mol. The molecule has 3 rings (SSSR count). The molecule has 0 aliphatic carbocycles. The summed E-state index contributed by atoms with van der Waals surface area (Å²) < 4.78 is 56.3. The van der Waals surface area contributed by atoms with E-state index in [-0.39, 0.29) is 16.4 Å². The molecule has 1 fully saturated rings. The Kier molecular flexibility index (Phi) is 5.11. The average Bonchev–Trinajstić information content (AvgIpc) is 3.05. The number of halogens is 4. The average molecular weight is 414 g/mol. The van der Waals surface area contributed by atoms with Crippen molar-refractivity contribution in [1.29, 1.82) is 0 Å². The molecule has 0 bridgehead atoms. The predicted molar refractivity (Wildman–Crippen MR) is 97.2 cm³/mol. The fraction of sp³-hybridized carbons (Fsp3) is 0.235. The molecule has 1 aliphatic rings. The van der Waals surface area contributed by atoms with Gasteiger partial charge >= 0.3 is 12.5 Å². The summed E-state index contributed by atoms with van der Waals surface area (Å²) in [4.78, 5) is 14.0. The Balaban J connectivity index is 1.86. The van der Waals surface area contributed by atoms with Crippen LogP contribution in [0.5, 0.6) is 5.75 Å². The van der Waals surface area contributed by atoms with E-state index in [1.807, 2.05) is 0 Å². The summed E-state index contributed by atoms with van der Waals surface area (Å²) >= 11 is 5.20. The van der Waals surface area contributed by atoms with Crippen LogP contribution in [0.4, 0.5) is 23.2 Å². The van der Waals surface area contributed by atoms with Crippen LogP contribution in [0.1, 0.15) is 11.3 Å². The third-order valence-electron chi connectivity index (χ3n) is 3.78. The van der Waals surface area contributed by atoms with E-state index in [9.17, 15) is 22.4 Å². The maximum absolute atomic E-state index is 13.1. The highest BCUT2D eigenvalue weighted by Gasteiger charge is 2.44. The van der Waals surface area contributed by atoms with Crippen LogP contribution in [0.2, 0.25) is 0 Å². The van der Waals surface area contributed by atoms with Gasteiger partial charge in [-0.05, 0) is 42.9 Å². The molecule has 0 unspecified atom stereocenters. The van der Waals surface area contributed by atoms with Crippen LogP contribution in [0.3, 0.4) is 0 Å². The third-order valence-corrected chi connectivity index (χ3v) is 4.07. The number of ether oxygens (including phenoxy) is 1. The van der Waals surface area contributed by atoms with Crippen LogP contribution < -0.4 is 15.0 Å². The maximum Gasteiger partial charge on any atom is 0.461 e. The second kappa shape index (κ2) is 7.23. The van der Waals surface area contributed by atoms with Gasteiger partial charge in [0.1, 0.15) is 11.4 Å². The lowest BCUT2D eigenvalue weighted by Gasteiger charge is -2.16. The van der Waals surface area contributed by atoms with Gasteiger partial charge in [0.2, 0.25) is 0 Å². The summed E-state index contributed by atoms with van der Waals surface area (Å²) in [5, 5.41) is 7.04. The number of aromatic nitrogens is 2. The van der Waals surface area contributed by atoms with Crippen LogP contribution in [0.25, 0.3) is 6.08 Å². The van der Waals surface area contributed by atoms with E-state index >= 15 is 0 Å². The molecular formula is C17H14F4N4O2S. The van der Waals surface area contributed by atoms with Crippen LogP contribution in [-0.2, 0) is 11.8 Å². The number of hydrogen-bond acceptors (Lipinski definition) is 4. The van der Waals surface area contributed by atoms with Crippen molar-refractivity contribution in [2.75, 3.05) is 4.90 Å². The van der Waals surface area contributed by atoms with Gasteiger partial charge in [0, 0.05) is 13.2 Å². The molecule has 1 amide bonds. The smallest absolute Gasteiger partial charge is 0.428 e. The van der Waals surface area contributed by atoms with Crippen molar-refractivity contribution in [2.24, 2.45) is 7.05 Å². The number of amides is 1. The number of aryl methyl sites for hydroxylation is 2. The summed E-state index contributed by atoms with van der Waals surface area (Å²) in [5.41, 5.74) is 1.46. The van der Waals surface area contributed by atoms with Crippen molar-refractivity contribution in [2.45, 2.75) is 19.5 Å². The number of thiocarbonyl (C=S) groups is 1. The van der Waals surface area contributed by atoms with Crippen molar-refractivity contribution in [3.8, 4) is 5.75 Å². The second-order valence-corrected chi connectivity index (χ2v) is 6.33. The van der Waals surface area contributed by atoms with Crippen molar-refractivity contribution in [1.82, 2.24) is 15.1 Å². The molecule has 1 aromatic heterocycles. The summed E-state index contributed by atoms with van der Waals surface area (Å²) in [6.07, 6.45) is -5.61. The number of benzene rings is 1. The highest BCUT2D eigenvalue weighted by molar-refractivity contribution is 7.80. The van der Waals surface area contributed by atoms with Gasteiger partial charge in [-0.15, -0.1) is 0 Å². The van der Waals surface area contributed by atoms with Gasteiger partial charge in [0.15, 0.2) is 5.11 Å². The summed E-state index contributed by atoms with van der Waals surface area (Å²) in [6.45, 7) is 1.72. The summed E-state index contributed by atoms with van der Waals surface area (Å²) in [6, 6.07) is 5.05. The van der Waals surface area contributed by atoms with Crippen LogP contribution >= 0.6 is 12.2 Å². The monoisotopic (exact) mass is 414 g/mol. The number of anilines is 1. The largest absolute Gasteiger partial charge is 0.461 e. The molecule has 2 aromatic rings. The van der Waals surface area contributed by atoms with E-state index in [1.54, 1.807) is 20.2 Å². The van der Waals surface area contributed by atoms with E-state index in [1.165, 1.54) is 27.8 Å². The zero-order valence-electron chi connectivity index (χ0n) is 14.6. The number of carbonyl (C=O) groups is 1. The molecule has 2 heterocycles. The topological polar surface area (TPSA) is 59.4 Å². The Morgan fingerprint density at radius 2 is 2.07 bits per heavy atom. The lowest BCUT2D eigenvalue weighted by Crippen LogP contribution is -2.33. The number of rotatable bonds is 5. The fourth-order valence-corrected chi connectivity index (χ4v) is 2.89. The quantitative estimate of drug-likeness (QED) is 0.463. The van der Waals surface area contributed by atoms with Gasteiger partial charge in [-0.2, -0.15) is 22.7 Å².